The summed E-state index contributed by atoms with van der Waals surface area (Å²) in [6.07, 6.45) is 0.641. The summed E-state index contributed by atoms with van der Waals surface area (Å²) in [6.45, 7) is 4.03. The highest BCUT2D eigenvalue weighted by atomic mass is 16.1. The van der Waals surface area contributed by atoms with Crippen LogP contribution in [0.15, 0.2) is 48.5 Å². The Balaban J connectivity index is 2.38. The number of nitrogens with zero attached hydrogens (tertiary/aromatic N) is 1. The van der Waals surface area contributed by atoms with Crippen molar-refractivity contribution in [3.8, 4) is 11.3 Å². The second kappa shape index (κ2) is 6.73. The average Bonchev–Trinajstić information content (AvgIpc) is 2.59. The number of guanidine groups is 1. The molecule has 0 saturated carbocycles. The fourth-order valence-corrected chi connectivity index (χ4v) is 3.10. The van der Waals surface area contributed by atoms with E-state index >= 15 is 0 Å². The summed E-state index contributed by atoms with van der Waals surface area (Å²) in [4.78, 5) is 17.6. The van der Waals surface area contributed by atoms with E-state index in [-0.39, 0.29) is 11.9 Å². The molecular weight excluding hydrogens is 312 g/mol. The lowest BCUT2D eigenvalue weighted by atomic mass is 9.93. The maximum absolute atomic E-state index is 12.8. The van der Waals surface area contributed by atoms with Crippen LogP contribution >= 0.6 is 0 Å². The van der Waals surface area contributed by atoms with E-state index in [4.69, 9.17) is 16.1 Å². The number of hydrogen-bond donors (Lipinski definition) is 3. The summed E-state index contributed by atoms with van der Waals surface area (Å²) >= 11 is 0. The van der Waals surface area contributed by atoms with Crippen molar-refractivity contribution in [2.24, 2.45) is 5.73 Å². The van der Waals surface area contributed by atoms with E-state index in [1.165, 1.54) is 0 Å². The number of nitrogens with two attached hydrogens (primary N) is 1. The second-order valence-corrected chi connectivity index (χ2v) is 5.87. The Morgan fingerprint density at radius 1 is 1.16 bits per heavy atom. The predicted molar refractivity (Wildman–Crippen MR) is 101 cm³/mol. The molecule has 0 bridgehead atoms. The van der Waals surface area contributed by atoms with Crippen LogP contribution in [0.2, 0.25) is 0 Å². The summed E-state index contributed by atoms with van der Waals surface area (Å²) in [7, 11) is 0. The lowest BCUT2D eigenvalue weighted by Gasteiger charge is -2.17. The number of rotatable bonds is 3. The van der Waals surface area contributed by atoms with Crippen LogP contribution in [0, 0.1) is 12.3 Å². The third-order valence-electron chi connectivity index (χ3n) is 4.22. The molecule has 1 heterocycles. The molecule has 5 heteroatoms. The van der Waals surface area contributed by atoms with E-state index in [0.29, 0.717) is 12.0 Å². The molecule has 5 nitrogen and oxygen atoms in total. The van der Waals surface area contributed by atoms with Crippen LogP contribution in [0.3, 0.4) is 0 Å². The number of hydrogen-bond acceptors (Lipinski definition) is 3. The average molecular weight is 332 g/mol. The predicted octanol–water partition coefficient (Wildman–Crippen LogP) is 3.40. The normalized spacial score (nSPS) is 10.6. The number of benzene rings is 2. The standard InChI is InChI=1S/C20H20N4O/c1-3-13-17(19(25)24-20(21)22)15-10-6-7-11-16(15)23-18(13)14-9-5-4-8-12(14)2/h4-11H,3H2,1-2H3,(H4,21,22,24,25). The molecule has 25 heavy (non-hydrogen) atoms. The number of pyridine rings is 1. The highest BCUT2D eigenvalue weighted by molar-refractivity contribution is 6.13. The maximum atomic E-state index is 12.8. The van der Waals surface area contributed by atoms with Crippen LogP contribution in [-0.4, -0.2) is 16.9 Å². The number of amides is 1. The van der Waals surface area contributed by atoms with Gasteiger partial charge in [0.15, 0.2) is 5.96 Å². The van der Waals surface area contributed by atoms with E-state index in [2.05, 4.69) is 5.32 Å². The van der Waals surface area contributed by atoms with Gasteiger partial charge in [0, 0.05) is 10.9 Å². The van der Waals surface area contributed by atoms with Crippen molar-refractivity contribution < 1.29 is 4.79 Å². The first-order valence-electron chi connectivity index (χ1n) is 8.16. The molecular formula is C20H20N4O. The minimum atomic E-state index is -0.377. The fraction of sp³-hybridized carbons (Fsp3) is 0.150. The largest absolute Gasteiger partial charge is 0.370 e. The Morgan fingerprint density at radius 2 is 1.84 bits per heavy atom. The minimum absolute atomic E-state index is 0.370. The number of para-hydroxylation sites is 1. The molecule has 0 aliphatic carbocycles. The molecule has 3 aromatic rings. The first kappa shape index (κ1) is 16.6. The quantitative estimate of drug-likeness (QED) is 0.507. The first-order valence-corrected chi connectivity index (χ1v) is 8.16. The molecule has 126 valence electrons. The molecule has 0 fully saturated rings. The van der Waals surface area contributed by atoms with Crippen LogP contribution in [-0.2, 0) is 6.42 Å². The van der Waals surface area contributed by atoms with Gasteiger partial charge in [-0.15, -0.1) is 0 Å². The molecule has 4 N–H and O–H groups in total. The van der Waals surface area contributed by atoms with Gasteiger partial charge >= 0.3 is 0 Å². The molecule has 1 aromatic heterocycles. The Labute approximate surface area is 146 Å². The Kier molecular flexibility index (Phi) is 4.48. The van der Waals surface area contributed by atoms with Gasteiger partial charge in [-0.3, -0.25) is 15.5 Å². The van der Waals surface area contributed by atoms with Crippen molar-refractivity contribution in [3.05, 3.63) is 65.2 Å². The zero-order valence-electron chi connectivity index (χ0n) is 14.3. The SMILES string of the molecule is CCc1c(-c2ccccc2C)nc2ccccc2c1C(=O)NC(=N)N. The Hall–Kier alpha value is -3.21. The molecule has 0 aliphatic rings. The van der Waals surface area contributed by atoms with Gasteiger partial charge in [0.2, 0.25) is 0 Å². The van der Waals surface area contributed by atoms with Gasteiger partial charge in [-0.2, -0.15) is 0 Å². The summed E-state index contributed by atoms with van der Waals surface area (Å²) in [5.41, 5.74) is 10.4. The first-order chi connectivity index (χ1) is 12.0. The van der Waals surface area contributed by atoms with Gasteiger partial charge in [0.1, 0.15) is 0 Å². The number of carbonyl (C=O) groups excluding carboxylic acids is 1. The number of aryl methyl sites for hydroxylation is 1. The highest BCUT2D eigenvalue weighted by Gasteiger charge is 2.21. The zero-order valence-corrected chi connectivity index (χ0v) is 14.3. The lowest BCUT2D eigenvalue weighted by molar-refractivity contribution is 0.0977. The van der Waals surface area contributed by atoms with Crippen molar-refractivity contribution in [2.75, 3.05) is 0 Å². The van der Waals surface area contributed by atoms with E-state index in [1.807, 2.05) is 62.4 Å². The van der Waals surface area contributed by atoms with E-state index in [9.17, 15) is 4.79 Å². The lowest BCUT2D eigenvalue weighted by Crippen LogP contribution is -2.36. The summed E-state index contributed by atoms with van der Waals surface area (Å²) in [5.74, 6) is -0.747. The molecule has 3 rings (SSSR count). The van der Waals surface area contributed by atoms with Crippen molar-refractivity contribution >= 4 is 22.8 Å². The maximum Gasteiger partial charge on any atom is 0.258 e. The van der Waals surface area contributed by atoms with E-state index in [0.717, 1.165) is 33.3 Å². The van der Waals surface area contributed by atoms with Gasteiger partial charge in [0.05, 0.1) is 16.8 Å². The topological polar surface area (TPSA) is 91.9 Å². The van der Waals surface area contributed by atoms with Crippen LogP contribution in [0.1, 0.15) is 28.4 Å². The molecule has 2 aromatic carbocycles. The monoisotopic (exact) mass is 332 g/mol. The molecule has 0 atom stereocenters. The van der Waals surface area contributed by atoms with Crippen LogP contribution in [0.25, 0.3) is 22.2 Å². The third kappa shape index (κ3) is 3.08. The number of fused-ring (bicyclic) bond motifs is 1. The summed E-state index contributed by atoms with van der Waals surface area (Å²) in [6, 6.07) is 15.5. The number of carbonyl (C=O) groups is 1. The molecule has 0 spiro atoms. The van der Waals surface area contributed by atoms with Crippen LogP contribution in [0.5, 0.6) is 0 Å². The van der Waals surface area contributed by atoms with Gasteiger partial charge in [-0.05, 0) is 30.5 Å². The highest BCUT2D eigenvalue weighted by Crippen LogP contribution is 2.32. The van der Waals surface area contributed by atoms with Gasteiger partial charge in [-0.1, -0.05) is 49.4 Å². The number of aromatic nitrogens is 1. The smallest absolute Gasteiger partial charge is 0.258 e. The van der Waals surface area contributed by atoms with Crippen molar-refractivity contribution in [1.29, 1.82) is 5.41 Å². The van der Waals surface area contributed by atoms with Crippen molar-refractivity contribution in [3.63, 3.8) is 0 Å². The zero-order chi connectivity index (χ0) is 18.0. The van der Waals surface area contributed by atoms with E-state index in [1.54, 1.807) is 0 Å². The van der Waals surface area contributed by atoms with Gasteiger partial charge < -0.3 is 5.73 Å². The second-order valence-electron chi connectivity index (χ2n) is 5.87. The molecule has 0 saturated heterocycles. The summed E-state index contributed by atoms with van der Waals surface area (Å²) in [5, 5.41) is 10.6. The Bertz CT molecular complexity index is 979. The third-order valence-corrected chi connectivity index (χ3v) is 4.22. The van der Waals surface area contributed by atoms with Crippen molar-refractivity contribution in [2.45, 2.75) is 20.3 Å². The fourth-order valence-electron chi connectivity index (χ4n) is 3.10. The van der Waals surface area contributed by atoms with Gasteiger partial charge in [-0.25, -0.2) is 4.98 Å². The van der Waals surface area contributed by atoms with Crippen LogP contribution in [0.4, 0.5) is 0 Å². The molecule has 0 aliphatic heterocycles. The Morgan fingerprint density at radius 3 is 2.52 bits per heavy atom. The molecule has 0 unspecified atom stereocenters. The van der Waals surface area contributed by atoms with Crippen LogP contribution < -0.4 is 11.1 Å². The minimum Gasteiger partial charge on any atom is -0.370 e. The number of nitrogens with one attached hydrogen (secondary N) is 2. The molecule has 1 amide bonds. The van der Waals surface area contributed by atoms with E-state index < -0.39 is 0 Å². The summed E-state index contributed by atoms with van der Waals surface area (Å²) < 4.78 is 0. The van der Waals surface area contributed by atoms with Crippen molar-refractivity contribution in [1.82, 2.24) is 10.3 Å². The van der Waals surface area contributed by atoms with Gasteiger partial charge in [0.25, 0.3) is 5.91 Å². The molecule has 0 radical (unpaired) electrons.